The van der Waals surface area contributed by atoms with Gasteiger partial charge in [-0.15, -0.1) is 0 Å². The first-order valence-corrected chi connectivity index (χ1v) is 16.6. The van der Waals surface area contributed by atoms with Crippen LogP contribution in [0.3, 0.4) is 0 Å². The number of carbonyl (C=O) groups is 1. The van der Waals surface area contributed by atoms with Gasteiger partial charge in [-0.25, -0.2) is 8.42 Å². The minimum atomic E-state index is -4.57. The van der Waals surface area contributed by atoms with Crippen LogP contribution >= 0.6 is 0 Å². The molecule has 2 aliphatic rings. The van der Waals surface area contributed by atoms with Crippen LogP contribution in [0.2, 0.25) is 0 Å². The largest absolute Gasteiger partial charge is 0.492 e. The summed E-state index contributed by atoms with van der Waals surface area (Å²) in [5, 5.41) is 0. The Labute approximate surface area is 261 Å². The van der Waals surface area contributed by atoms with Gasteiger partial charge in [0.25, 0.3) is 0 Å². The van der Waals surface area contributed by atoms with Gasteiger partial charge in [0.05, 0.1) is 25.7 Å². The van der Waals surface area contributed by atoms with Crippen LogP contribution in [0.1, 0.15) is 72.1 Å². The second-order valence-electron chi connectivity index (χ2n) is 12.5. The van der Waals surface area contributed by atoms with Crippen LogP contribution in [0.15, 0.2) is 42.5 Å². The molecule has 3 aromatic rings. The van der Waals surface area contributed by atoms with E-state index in [-0.39, 0.29) is 24.9 Å². The molecule has 0 N–H and O–H groups in total. The zero-order valence-electron chi connectivity index (χ0n) is 26.1. The van der Waals surface area contributed by atoms with E-state index in [1.165, 1.54) is 19.2 Å². The number of benzene rings is 3. The Bertz CT molecular complexity index is 1720. The van der Waals surface area contributed by atoms with Crippen LogP contribution in [0.4, 0.5) is 13.2 Å². The first-order valence-electron chi connectivity index (χ1n) is 14.7. The van der Waals surface area contributed by atoms with Gasteiger partial charge < -0.3 is 18.9 Å². The lowest BCUT2D eigenvalue weighted by atomic mass is 9.88. The number of rotatable bonds is 9. The third kappa shape index (κ3) is 6.64. The van der Waals surface area contributed by atoms with Gasteiger partial charge in [-0.05, 0) is 104 Å². The van der Waals surface area contributed by atoms with E-state index >= 15 is 0 Å². The first-order chi connectivity index (χ1) is 21.0. The molecule has 11 heteroatoms. The second-order valence-corrected chi connectivity index (χ2v) is 15.1. The zero-order valence-corrected chi connectivity index (χ0v) is 26.9. The molecule has 1 unspecified atom stereocenters. The number of carbonyl (C=O) groups excluding carboxylic acids is 1. The van der Waals surface area contributed by atoms with Crippen molar-refractivity contribution >= 4 is 15.8 Å². The van der Waals surface area contributed by atoms with Gasteiger partial charge in [0.2, 0.25) is 0 Å². The maximum Gasteiger partial charge on any atom is 0.416 e. The van der Waals surface area contributed by atoms with Crippen molar-refractivity contribution in [3.05, 3.63) is 75.8 Å². The third-order valence-electron chi connectivity index (χ3n) is 8.76. The molecule has 2 atom stereocenters. The summed E-state index contributed by atoms with van der Waals surface area (Å²) in [6.45, 7) is 7.05. The van der Waals surface area contributed by atoms with Crippen molar-refractivity contribution in [1.82, 2.24) is 0 Å². The van der Waals surface area contributed by atoms with Crippen molar-refractivity contribution < 1.29 is 45.3 Å². The van der Waals surface area contributed by atoms with Gasteiger partial charge in [0.15, 0.2) is 9.84 Å². The molecular weight excluding hydrogens is 609 g/mol. The molecule has 0 saturated heterocycles. The summed E-state index contributed by atoms with van der Waals surface area (Å²) < 4.78 is 88.5. The SMILES string of the molecule is COC(=O)C[C@@H]1COc2cc(OC3CCc4c(-c5c(C)cc(OCC(C)(C)S(C)(=O)=O)cc5C)cc(C(F)(F)F)cc43)ccc21. The fourth-order valence-corrected chi connectivity index (χ4v) is 6.22. The highest BCUT2D eigenvalue weighted by Crippen LogP contribution is 2.47. The Morgan fingerprint density at radius 1 is 1.00 bits per heavy atom. The number of aryl methyl sites for hydroxylation is 2. The standard InChI is InChI=1S/C34H37F3O7S/c1-19-11-24(43-18-33(3,4)45(6,39)40)12-20(2)32(19)28-15-22(34(35,36)37)14-27-26(28)9-10-29(27)44-23-7-8-25-21(13-31(38)41-5)17-42-30(25)16-23/h7-8,11-12,14-16,21,29H,9-10,13,17-18H2,1-6H3/t21-,29?/m1/s1. The maximum absolute atomic E-state index is 14.2. The average Bonchev–Trinajstić information content (AvgIpc) is 3.54. The lowest BCUT2D eigenvalue weighted by Gasteiger charge is -2.24. The van der Waals surface area contributed by atoms with E-state index in [2.05, 4.69) is 0 Å². The topological polar surface area (TPSA) is 88.1 Å². The molecule has 0 radical (unpaired) electrons. The maximum atomic E-state index is 14.2. The molecule has 0 spiro atoms. The van der Waals surface area contributed by atoms with Crippen molar-refractivity contribution in [2.75, 3.05) is 26.6 Å². The number of alkyl halides is 3. The van der Waals surface area contributed by atoms with Crippen molar-refractivity contribution in [1.29, 1.82) is 0 Å². The molecule has 7 nitrogen and oxygen atoms in total. The Morgan fingerprint density at radius 3 is 2.31 bits per heavy atom. The number of sulfone groups is 1. The van der Waals surface area contributed by atoms with Crippen LogP contribution in [0.5, 0.6) is 17.2 Å². The number of esters is 1. The molecule has 1 aliphatic heterocycles. The van der Waals surface area contributed by atoms with Crippen molar-refractivity contribution in [3.8, 4) is 28.4 Å². The van der Waals surface area contributed by atoms with E-state index < -0.39 is 32.4 Å². The van der Waals surface area contributed by atoms with Crippen molar-refractivity contribution in [3.63, 3.8) is 0 Å². The summed E-state index contributed by atoms with van der Waals surface area (Å²) in [7, 11) is -2.04. The summed E-state index contributed by atoms with van der Waals surface area (Å²) in [6.07, 6.45) is -2.82. The van der Waals surface area contributed by atoms with Crippen LogP contribution in [-0.2, 0) is 32.0 Å². The molecule has 45 heavy (non-hydrogen) atoms. The highest BCUT2D eigenvalue weighted by Gasteiger charge is 2.37. The average molecular weight is 647 g/mol. The summed E-state index contributed by atoms with van der Waals surface area (Å²) in [6, 6.07) is 11.1. The van der Waals surface area contributed by atoms with E-state index in [9.17, 15) is 26.4 Å². The van der Waals surface area contributed by atoms with Gasteiger partial charge in [-0.2, -0.15) is 13.2 Å². The number of hydrogen-bond donors (Lipinski definition) is 0. The third-order valence-corrected chi connectivity index (χ3v) is 10.9. The van der Waals surface area contributed by atoms with E-state index in [4.69, 9.17) is 18.9 Å². The number of fused-ring (bicyclic) bond motifs is 2. The smallest absolute Gasteiger partial charge is 0.416 e. The van der Waals surface area contributed by atoms with E-state index in [0.29, 0.717) is 64.5 Å². The van der Waals surface area contributed by atoms with Crippen LogP contribution in [0, 0.1) is 13.8 Å². The van der Waals surface area contributed by atoms with Gasteiger partial charge >= 0.3 is 12.1 Å². The number of halogens is 3. The van der Waals surface area contributed by atoms with Gasteiger partial charge in [0, 0.05) is 23.8 Å². The second kappa shape index (κ2) is 11.9. The van der Waals surface area contributed by atoms with E-state index in [1.807, 2.05) is 19.9 Å². The summed E-state index contributed by atoms with van der Waals surface area (Å²) >= 11 is 0. The Hall–Kier alpha value is -3.73. The molecule has 242 valence electrons. The Balaban J connectivity index is 1.46. The molecule has 0 saturated carbocycles. The first kappa shape index (κ1) is 32.7. The van der Waals surface area contributed by atoms with Crippen molar-refractivity contribution in [2.45, 2.75) is 69.9 Å². The normalized spacial score (nSPS) is 17.8. The molecule has 5 rings (SSSR count). The molecular formula is C34H37F3O7S. The Morgan fingerprint density at radius 2 is 1.69 bits per heavy atom. The molecule has 0 aromatic heterocycles. The van der Waals surface area contributed by atoms with Gasteiger partial charge in [-0.3, -0.25) is 4.79 Å². The van der Waals surface area contributed by atoms with Crippen molar-refractivity contribution in [2.24, 2.45) is 0 Å². The number of methoxy groups -OCH3 is 1. The minimum Gasteiger partial charge on any atom is -0.492 e. The number of ether oxygens (including phenoxy) is 4. The molecule has 3 aromatic carbocycles. The molecule has 0 bridgehead atoms. The highest BCUT2D eigenvalue weighted by atomic mass is 32.2. The van der Waals surface area contributed by atoms with Crippen LogP contribution in [0.25, 0.3) is 11.1 Å². The fraction of sp³-hybridized carbons (Fsp3) is 0.441. The van der Waals surface area contributed by atoms with Gasteiger partial charge in [-0.1, -0.05) is 6.07 Å². The fourth-order valence-electron chi connectivity index (χ4n) is 5.94. The zero-order chi connectivity index (χ0) is 32.9. The van der Waals surface area contributed by atoms with E-state index in [0.717, 1.165) is 17.4 Å². The Kier molecular flexibility index (Phi) is 8.63. The minimum absolute atomic E-state index is 0.0678. The predicted octanol–water partition coefficient (Wildman–Crippen LogP) is 7.30. The number of hydrogen-bond acceptors (Lipinski definition) is 7. The molecule has 1 aliphatic carbocycles. The van der Waals surface area contributed by atoms with E-state index in [1.54, 1.807) is 38.1 Å². The van der Waals surface area contributed by atoms with Crippen LogP contribution in [-0.4, -0.2) is 45.7 Å². The lowest BCUT2D eigenvalue weighted by molar-refractivity contribution is -0.141. The van der Waals surface area contributed by atoms with Crippen LogP contribution < -0.4 is 14.2 Å². The molecule has 0 amide bonds. The summed E-state index contributed by atoms with van der Waals surface area (Å²) in [4.78, 5) is 11.8. The predicted molar refractivity (Wildman–Crippen MR) is 164 cm³/mol. The summed E-state index contributed by atoms with van der Waals surface area (Å²) in [5.41, 5.74) is 3.97. The summed E-state index contributed by atoms with van der Waals surface area (Å²) in [5.74, 6) is 1.02. The molecule has 1 heterocycles. The lowest BCUT2D eigenvalue weighted by Crippen LogP contribution is -2.37. The molecule has 0 fully saturated rings. The monoisotopic (exact) mass is 646 g/mol. The quantitative estimate of drug-likeness (QED) is 0.226. The van der Waals surface area contributed by atoms with Gasteiger partial charge in [0.1, 0.15) is 34.7 Å². The highest BCUT2D eigenvalue weighted by molar-refractivity contribution is 7.92.